The number of nitrogens with one attached hydrogen (secondary N) is 4. The molecule has 2 aliphatic rings. The van der Waals surface area contributed by atoms with Gasteiger partial charge in [0, 0.05) is 37.5 Å². The zero-order chi connectivity index (χ0) is 13.2. The van der Waals surface area contributed by atoms with Crippen molar-refractivity contribution in [1.82, 2.24) is 21.3 Å². The Bertz CT molecular complexity index is 299. The number of hydrogen-bond acceptors (Lipinski definition) is 4. The molecule has 2 rings (SSSR count). The summed E-state index contributed by atoms with van der Waals surface area (Å²) in [7, 11) is 0. The molecule has 18 heavy (non-hydrogen) atoms. The van der Waals surface area contributed by atoms with Gasteiger partial charge in [-0.2, -0.15) is 0 Å². The van der Waals surface area contributed by atoms with Crippen LogP contribution in [0.5, 0.6) is 0 Å². The highest BCUT2D eigenvalue weighted by molar-refractivity contribution is 5.20. The maximum absolute atomic E-state index is 3.56. The van der Waals surface area contributed by atoms with Gasteiger partial charge in [-0.25, -0.2) is 0 Å². The van der Waals surface area contributed by atoms with Gasteiger partial charge in [0.25, 0.3) is 0 Å². The second-order valence-electron chi connectivity index (χ2n) is 5.98. The van der Waals surface area contributed by atoms with Crippen molar-refractivity contribution in [3.05, 3.63) is 11.6 Å². The van der Waals surface area contributed by atoms with Gasteiger partial charge in [0.05, 0.1) is 12.3 Å². The molecule has 0 spiro atoms. The summed E-state index contributed by atoms with van der Waals surface area (Å²) in [5.74, 6) is 0.511. The standard InChI is InChI=1S/C14H28N4/c1-5-11(10(2)12-15-6-7-16-12)14(3,4)13-17-8-9-18-13/h5,10,12-13,15-18H,6-9H2,1-4H3/b11-5+. The molecule has 0 aliphatic carbocycles. The molecule has 0 saturated carbocycles. The van der Waals surface area contributed by atoms with Crippen molar-refractivity contribution in [2.45, 2.75) is 40.0 Å². The summed E-state index contributed by atoms with van der Waals surface area (Å²) in [5, 5.41) is 14.2. The van der Waals surface area contributed by atoms with Crippen LogP contribution in [0.15, 0.2) is 11.6 Å². The van der Waals surface area contributed by atoms with E-state index in [4.69, 9.17) is 0 Å². The Balaban J connectivity index is 2.11. The van der Waals surface area contributed by atoms with Crippen LogP contribution in [-0.4, -0.2) is 38.5 Å². The van der Waals surface area contributed by atoms with Crippen LogP contribution < -0.4 is 21.3 Å². The molecule has 4 nitrogen and oxygen atoms in total. The lowest BCUT2D eigenvalue weighted by Gasteiger charge is -2.39. The van der Waals surface area contributed by atoms with Crippen molar-refractivity contribution in [2.24, 2.45) is 11.3 Å². The molecule has 104 valence electrons. The molecular weight excluding hydrogens is 224 g/mol. The third-order valence-electron chi connectivity index (χ3n) is 4.44. The molecule has 0 amide bonds. The fourth-order valence-corrected chi connectivity index (χ4v) is 3.46. The van der Waals surface area contributed by atoms with Crippen molar-refractivity contribution >= 4 is 0 Å². The molecule has 4 N–H and O–H groups in total. The zero-order valence-corrected chi connectivity index (χ0v) is 12.1. The monoisotopic (exact) mass is 252 g/mol. The SMILES string of the molecule is C/C=C(\C(C)C1NCCN1)C(C)(C)C1NCCN1. The lowest BCUT2D eigenvalue weighted by atomic mass is 9.74. The molecule has 0 radical (unpaired) electrons. The molecular formula is C14H28N4. The fourth-order valence-electron chi connectivity index (χ4n) is 3.46. The minimum atomic E-state index is 0.136. The molecule has 0 aromatic carbocycles. The Labute approximate surface area is 111 Å². The molecule has 0 aromatic heterocycles. The molecule has 4 heteroatoms. The Morgan fingerprint density at radius 1 is 1.06 bits per heavy atom. The van der Waals surface area contributed by atoms with Crippen molar-refractivity contribution in [1.29, 1.82) is 0 Å². The van der Waals surface area contributed by atoms with E-state index in [-0.39, 0.29) is 5.41 Å². The predicted molar refractivity (Wildman–Crippen MR) is 76.3 cm³/mol. The molecule has 1 atom stereocenters. The summed E-state index contributed by atoms with van der Waals surface area (Å²) in [6.07, 6.45) is 3.10. The Kier molecular flexibility index (Phi) is 4.43. The minimum Gasteiger partial charge on any atom is -0.300 e. The maximum Gasteiger partial charge on any atom is 0.0663 e. The summed E-state index contributed by atoms with van der Waals surface area (Å²) < 4.78 is 0. The van der Waals surface area contributed by atoms with Crippen molar-refractivity contribution in [2.75, 3.05) is 26.2 Å². The van der Waals surface area contributed by atoms with Gasteiger partial charge in [-0.05, 0) is 6.92 Å². The van der Waals surface area contributed by atoms with Crippen LogP contribution in [0.3, 0.4) is 0 Å². The number of rotatable bonds is 4. The Morgan fingerprint density at radius 3 is 2.06 bits per heavy atom. The quantitative estimate of drug-likeness (QED) is 0.555. The summed E-state index contributed by atoms with van der Waals surface area (Å²) >= 11 is 0. The van der Waals surface area contributed by atoms with Crippen LogP contribution in [0.25, 0.3) is 0 Å². The summed E-state index contributed by atoms with van der Waals surface area (Å²) in [6, 6.07) is 0. The first kappa shape index (κ1) is 14.0. The van der Waals surface area contributed by atoms with Gasteiger partial charge in [-0.15, -0.1) is 0 Å². The largest absolute Gasteiger partial charge is 0.300 e. The summed E-state index contributed by atoms with van der Waals surface area (Å²) in [4.78, 5) is 0. The zero-order valence-electron chi connectivity index (χ0n) is 12.1. The molecule has 1 unspecified atom stereocenters. The van der Waals surface area contributed by atoms with Crippen molar-refractivity contribution in [3.63, 3.8) is 0 Å². The number of hydrogen-bond donors (Lipinski definition) is 4. The van der Waals surface area contributed by atoms with Crippen LogP contribution in [0.4, 0.5) is 0 Å². The van der Waals surface area contributed by atoms with Gasteiger partial charge in [0.15, 0.2) is 0 Å². The first-order valence-electron chi connectivity index (χ1n) is 7.17. The van der Waals surface area contributed by atoms with Gasteiger partial charge in [-0.1, -0.05) is 32.4 Å². The van der Waals surface area contributed by atoms with Gasteiger partial charge in [-0.3, -0.25) is 10.6 Å². The highest BCUT2D eigenvalue weighted by Crippen LogP contribution is 2.36. The average Bonchev–Trinajstić information content (AvgIpc) is 3.03. The van der Waals surface area contributed by atoms with E-state index in [9.17, 15) is 0 Å². The van der Waals surface area contributed by atoms with E-state index in [1.54, 1.807) is 0 Å². The smallest absolute Gasteiger partial charge is 0.0663 e. The second-order valence-corrected chi connectivity index (χ2v) is 5.98. The molecule has 2 aliphatic heterocycles. The highest BCUT2D eigenvalue weighted by atomic mass is 15.2. The van der Waals surface area contributed by atoms with E-state index in [0.717, 1.165) is 26.2 Å². The van der Waals surface area contributed by atoms with Crippen LogP contribution in [0.2, 0.25) is 0 Å². The van der Waals surface area contributed by atoms with Gasteiger partial charge < -0.3 is 10.6 Å². The highest BCUT2D eigenvalue weighted by Gasteiger charge is 2.38. The Morgan fingerprint density at radius 2 is 1.56 bits per heavy atom. The van der Waals surface area contributed by atoms with E-state index in [2.05, 4.69) is 55.0 Å². The third-order valence-corrected chi connectivity index (χ3v) is 4.44. The van der Waals surface area contributed by atoms with Gasteiger partial charge in [0.1, 0.15) is 0 Å². The normalized spacial score (nSPS) is 25.9. The molecule has 0 aromatic rings. The fraction of sp³-hybridized carbons (Fsp3) is 0.857. The minimum absolute atomic E-state index is 0.136. The first-order valence-corrected chi connectivity index (χ1v) is 7.17. The lowest BCUT2D eigenvalue weighted by molar-refractivity contribution is 0.254. The van der Waals surface area contributed by atoms with Gasteiger partial charge in [0.2, 0.25) is 0 Å². The van der Waals surface area contributed by atoms with E-state index in [1.807, 2.05) is 0 Å². The molecule has 2 heterocycles. The van der Waals surface area contributed by atoms with E-state index < -0.39 is 0 Å². The van der Waals surface area contributed by atoms with Crippen LogP contribution >= 0.6 is 0 Å². The van der Waals surface area contributed by atoms with Crippen molar-refractivity contribution < 1.29 is 0 Å². The molecule has 2 fully saturated rings. The topological polar surface area (TPSA) is 48.1 Å². The second kappa shape index (κ2) is 5.70. The average molecular weight is 252 g/mol. The summed E-state index contributed by atoms with van der Waals surface area (Å²) in [6.45, 7) is 13.4. The van der Waals surface area contributed by atoms with Crippen LogP contribution in [0.1, 0.15) is 27.7 Å². The van der Waals surface area contributed by atoms with E-state index >= 15 is 0 Å². The first-order chi connectivity index (χ1) is 8.57. The van der Waals surface area contributed by atoms with E-state index in [0.29, 0.717) is 18.2 Å². The summed E-state index contributed by atoms with van der Waals surface area (Å²) in [5.41, 5.74) is 1.65. The van der Waals surface area contributed by atoms with Gasteiger partial charge >= 0.3 is 0 Å². The Hall–Kier alpha value is -0.420. The van der Waals surface area contributed by atoms with Crippen LogP contribution in [0, 0.1) is 11.3 Å². The van der Waals surface area contributed by atoms with Crippen LogP contribution in [-0.2, 0) is 0 Å². The van der Waals surface area contributed by atoms with E-state index in [1.165, 1.54) is 5.57 Å². The molecule has 2 saturated heterocycles. The van der Waals surface area contributed by atoms with Crippen molar-refractivity contribution in [3.8, 4) is 0 Å². The lowest BCUT2D eigenvalue weighted by Crippen LogP contribution is -2.49. The third kappa shape index (κ3) is 2.62. The maximum atomic E-state index is 3.56. The predicted octanol–water partition coefficient (Wildman–Crippen LogP) is 0.633. The number of allylic oxidation sites excluding steroid dienone is 1. The molecule has 0 bridgehead atoms.